The van der Waals surface area contributed by atoms with Gasteiger partial charge in [-0.25, -0.2) is 4.98 Å². The average molecular weight is 365 g/mol. The van der Waals surface area contributed by atoms with E-state index in [1.54, 1.807) is 6.20 Å². The number of fused-ring (bicyclic) bond motifs is 1. The molecule has 4 bridgehead atoms. The average Bonchev–Trinajstić information content (AvgIpc) is 3.25. The topological polar surface area (TPSA) is 99.9 Å². The van der Waals surface area contributed by atoms with Gasteiger partial charge in [0.15, 0.2) is 5.82 Å². The summed E-state index contributed by atoms with van der Waals surface area (Å²) in [6, 6.07) is 2.41. The van der Waals surface area contributed by atoms with Crippen molar-refractivity contribution in [2.75, 3.05) is 5.32 Å². The van der Waals surface area contributed by atoms with Gasteiger partial charge in [-0.05, 0) is 62.8 Å². The molecule has 27 heavy (non-hydrogen) atoms. The van der Waals surface area contributed by atoms with Crippen molar-refractivity contribution < 1.29 is 9.63 Å². The Hall–Kier alpha value is -2.41. The summed E-state index contributed by atoms with van der Waals surface area (Å²) in [6.45, 7) is 1.82. The summed E-state index contributed by atoms with van der Waals surface area (Å²) in [5, 5.41) is 19.7. The largest absolute Gasteiger partial charge is 0.390 e. The molecule has 7 nitrogen and oxygen atoms in total. The molecule has 4 aliphatic carbocycles. The van der Waals surface area contributed by atoms with Crippen molar-refractivity contribution in [3.63, 3.8) is 0 Å². The molecule has 0 aliphatic heterocycles. The van der Waals surface area contributed by atoms with Gasteiger partial charge in [0.05, 0.1) is 16.9 Å². The summed E-state index contributed by atoms with van der Waals surface area (Å²) in [6.07, 6.45) is 8.96. The van der Waals surface area contributed by atoms with Gasteiger partial charge in [-0.3, -0.25) is 0 Å². The van der Waals surface area contributed by atoms with Crippen LogP contribution in [0.25, 0.3) is 22.5 Å². The fourth-order valence-electron chi connectivity index (χ4n) is 6.12. The van der Waals surface area contributed by atoms with E-state index >= 15 is 0 Å². The maximum absolute atomic E-state index is 10.9. The number of nitrogens with one attached hydrogen (secondary N) is 2. The van der Waals surface area contributed by atoms with E-state index in [2.05, 4.69) is 25.4 Å². The Morgan fingerprint density at radius 2 is 2.07 bits per heavy atom. The molecule has 4 saturated carbocycles. The number of aromatic amines is 1. The molecule has 2 unspecified atom stereocenters. The van der Waals surface area contributed by atoms with Gasteiger partial charge in [0, 0.05) is 23.8 Å². The fraction of sp³-hybridized carbons (Fsp3) is 0.550. The second-order valence-corrected chi connectivity index (χ2v) is 8.80. The second-order valence-electron chi connectivity index (χ2n) is 8.80. The number of hydrogen-bond donors (Lipinski definition) is 3. The molecule has 3 heterocycles. The van der Waals surface area contributed by atoms with Crippen LogP contribution >= 0.6 is 0 Å². The van der Waals surface area contributed by atoms with E-state index in [-0.39, 0.29) is 0 Å². The SMILES string of the molecule is Cc1noc(-c2cnc3[nH]ccc3c2N[C@@H]2[C@@H]3CC4C[C@H]2CC(O)(C4)C3)n1. The summed E-state index contributed by atoms with van der Waals surface area (Å²) in [4.78, 5) is 12.1. The molecule has 0 radical (unpaired) electrons. The molecule has 7 heteroatoms. The third-order valence-electron chi connectivity index (χ3n) is 6.90. The number of H-pyrrole nitrogens is 1. The summed E-state index contributed by atoms with van der Waals surface area (Å²) in [5.41, 5.74) is 2.27. The predicted molar refractivity (Wildman–Crippen MR) is 100 cm³/mol. The van der Waals surface area contributed by atoms with E-state index in [1.165, 1.54) is 12.8 Å². The number of anilines is 1. The van der Waals surface area contributed by atoms with Crippen LogP contribution in [-0.4, -0.2) is 36.9 Å². The number of aromatic nitrogens is 4. The lowest BCUT2D eigenvalue weighted by Crippen LogP contribution is -2.59. The summed E-state index contributed by atoms with van der Waals surface area (Å²) >= 11 is 0. The Labute approximate surface area is 156 Å². The first-order valence-electron chi connectivity index (χ1n) is 9.84. The van der Waals surface area contributed by atoms with Crippen LogP contribution in [0, 0.1) is 24.7 Å². The minimum absolute atomic E-state index is 0.366. The summed E-state index contributed by atoms with van der Waals surface area (Å²) in [5.74, 6) is 2.82. The van der Waals surface area contributed by atoms with E-state index in [1.807, 2.05) is 19.2 Å². The maximum atomic E-state index is 10.9. The van der Waals surface area contributed by atoms with Gasteiger partial charge in [0.2, 0.25) is 0 Å². The third kappa shape index (κ3) is 2.34. The zero-order chi connectivity index (χ0) is 18.2. The molecule has 7 rings (SSSR count). The number of rotatable bonds is 3. The van der Waals surface area contributed by atoms with Crippen molar-refractivity contribution in [3.8, 4) is 11.5 Å². The molecule has 0 aromatic carbocycles. The number of aryl methyl sites for hydroxylation is 1. The first-order chi connectivity index (χ1) is 13.1. The molecule has 4 fully saturated rings. The number of hydrogen-bond acceptors (Lipinski definition) is 6. The lowest BCUT2D eigenvalue weighted by atomic mass is 9.52. The second kappa shape index (κ2) is 5.32. The highest BCUT2D eigenvalue weighted by atomic mass is 16.5. The van der Waals surface area contributed by atoms with Crippen molar-refractivity contribution in [2.24, 2.45) is 17.8 Å². The number of aliphatic hydroxyl groups is 1. The van der Waals surface area contributed by atoms with Gasteiger partial charge in [-0.2, -0.15) is 4.98 Å². The monoisotopic (exact) mass is 365 g/mol. The predicted octanol–water partition coefficient (Wildman–Crippen LogP) is 3.27. The van der Waals surface area contributed by atoms with Crippen LogP contribution in [0.3, 0.4) is 0 Å². The zero-order valence-corrected chi connectivity index (χ0v) is 15.3. The van der Waals surface area contributed by atoms with Crippen LogP contribution in [-0.2, 0) is 0 Å². The Morgan fingerprint density at radius 3 is 2.78 bits per heavy atom. The Balaban J connectivity index is 1.43. The van der Waals surface area contributed by atoms with Crippen LogP contribution < -0.4 is 5.32 Å². The molecule has 3 N–H and O–H groups in total. The Morgan fingerprint density at radius 1 is 1.26 bits per heavy atom. The van der Waals surface area contributed by atoms with Crippen molar-refractivity contribution in [1.82, 2.24) is 20.1 Å². The highest BCUT2D eigenvalue weighted by molar-refractivity contribution is 5.97. The van der Waals surface area contributed by atoms with Gasteiger partial charge in [0.25, 0.3) is 5.89 Å². The molecule has 0 spiro atoms. The van der Waals surface area contributed by atoms with Crippen molar-refractivity contribution in [1.29, 1.82) is 0 Å². The van der Waals surface area contributed by atoms with E-state index in [4.69, 9.17) is 4.52 Å². The molecule has 0 amide bonds. The molecule has 140 valence electrons. The lowest BCUT2D eigenvalue weighted by Gasteiger charge is -2.58. The van der Waals surface area contributed by atoms with E-state index in [9.17, 15) is 5.11 Å². The Kier molecular flexibility index (Phi) is 3.08. The lowest BCUT2D eigenvalue weighted by molar-refractivity contribution is -0.129. The minimum Gasteiger partial charge on any atom is -0.390 e. The summed E-state index contributed by atoms with van der Waals surface area (Å²) in [7, 11) is 0. The maximum Gasteiger partial charge on any atom is 0.261 e. The minimum atomic E-state index is -0.428. The molecule has 3 aromatic heterocycles. The van der Waals surface area contributed by atoms with E-state index in [0.29, 0.717) is 35.5 Å². The van der Waals surface area contributed by atoms with Crippen molar-refractivity contribution in [3.05, 3.63) is 24.3 Å². The molecule has 3 aromatic rings. The van der Waals surface area contributed by atoms with Crippen molar-refractivity contribution in [2.45, 2.75) is 50.7 Å². The van der Waals surface area contributed by atoms with E-state index in [0.717, 1.165) is 41.5 Å². The van der Waals surface area contributed by atoms with Crippen molar-refractivity contribution >= 4 is 16.7 Å². The number of pyridine rings is 1. The molecular weight excluding hydrogens is 342 g/mol. The van der Waals surface area contributed by atoms with Crippen LogP contribution in [0.5, 0.6) is 0 Å². The van der Waals surface area contributed by atoms with Gasteiger partial charge in [-0.15, -0.1) is 0 Å². The highest BCUT2D eigenvalue weighted by Gasteiger charge is 2.54. The van der Waals surface area contributed by atoms with Gasteiger partial charge in [0.1, 0.15) is 5.65 Å². The first-order valence-corrected chi connectivity index (χ1v) is 9.84. The molecule has 5 atom stereocenters. The summed E-state index contributed by atoms with van der Waals surface area (Å²) < 4.78 is 5.45. The van der Waals surface area contributed by atoms with Crippen LogP contribution in [0.2, 0.25) is 0 Å². The third-order valence-corrected chi connectivity index (χ3v) is 6.90. The zero-order valence-electron chi connectivity index (χ0n) is 15.3. The van der Waals surface area contributed by atoms with Gasteiger partial charge >= 0.3 is 0 Å². The van der Waals surface area contributed by atoms with Crippen LogP contribution in [0.4, 0.5) is 5.69 Å². The smallest absolute Gasteiger partial charge is 0.261 e. The fourth-order valence-corrected chi connectivity index (χ4v) is 6.12. The Bertz CT molecular complexity index is 1010. The quantitative estimate of drug-likeness (QED) is 0.659. The number of nitrogens with zero attached hydrogens (tertiary/aromatic N) is 3. The van der Waals surface area contributed by atoms with Gasteiger partial charge in [-0.1, -0.05) is 5.16 Å². The van der Waals surface area contributed by atoms with Crippen LogP contribution in [0.15, 0.2) is 23.0 Å². The standard InChI is InChI=1S/C20H23N5O2/c1-10-23-19(27-25-10)15-9-22-18-14(2-3-21-18)17(15)24-16-12-4-11-5-13(16)8-20(26,6-11)7-12/h2-3,9,11-13,16,26H,4-8H2,1H3,(H2,21,22,24)/t11?,12-,13+,16-,20?. The highest BCUT2D eigenvalue weighted by Crippen LogP contribution is 2.56. The van der Waals surface area contributed by atoms with Gasteiger partial charge < -0.3 is 19.9 Å². The normalized spacial score (nSPS) is 34.4. The first kappa shape index (κ1) is 15.6. The van der Waals surface area contributed by atoms with Crippen LogP contribution in [0.1, 0.15) is 37.9 Å². The molecular formula is C20H23N5O2. The molecule has 4 aliphatic rings. The van der Waals surface area contributed by atoms with E-state index < -0.39 is 5.60 Å². The molecule has 0 saturated heterocycles.